The van der Waals surface area contributed by atoms with E-state index in [1.54, 1.807) is 0 Å². The molecule has 3 rings (SSSR count). The Morgan fingerprint density at radius 1 is 1.00 bits per heavy atom. The second-order valence-electron chi connectivity index (χ2n) is 5.25. The third-order valence-corrected chi connectivity index (χ3v) is 4.15. The van der Waals surface area contributed by atoms with Crippen molar-refractivity contribution in [2.45, 2.75) is 38.5 Å². The fourth-order valence-corrected chi connectivity index (χ4v) is 3.25. The second-order valence-corrected chi connectivity index (χ2v) is 5.25. The first-order valence-corrected chi connectivity index (χ1v) is 6.20. The van der Waals surface area contributed by atoms with Crippen LogP contribution >= 0.6 is 0 Å². The maximum Gasteiger partial charge on any atom is 0.0373 e. The molecule has 1 nitrogen and oxygen atoms in total. The molecule has 1 aliphatic carbocycles. The molecule has 1 saturated carbocycles. The molecule has 0 atom stereocenters. The normalized spacial score (nSPS) is 23.2. The first kappa shape index (κ1) is 9.26. The summed E-state index contributed by atoms with van der Waals surface area (Å²) in [5, 5.41) is 3.62. The Kier molecular flexibility index (Phi) is 2.19. The summed E-state index contributed by atoms with van der Waals surface area (Å²) in [5.74, 6) is 0. The maximum absolute atomic E-state index is 3.62. The van der Waals surface area contributed by atoms with Gasteiger partial charge in [0.15, 0.2) is 0 Å². The highest BCUT2D eigenvalue weighted by molar-refractivity contribution is 5.53. The van der Waals surface area contributed by atoms with E-state index in [0.29, 0.717) is 5.41 Å². The van der Waals surface area contributed by atoms with Gasteiger partial charge < -0.3 is 5.32 Å². The van der Waals surface area contributed by atoms with Crippen LogP contribution in [-0.2, 0) is 6.42 Å². The van der Waals surface area contributed by atoms with E-state index in [0.717, 1.165) is 0 Å². The summed E-state index contributed by atoms with van der Waals surface area (Å²) in [4.78, 5) is 0. The van der Waals surface area contributed by atoms with Gasteiger partial charge in [-0.15, -0.1) is 0 Å². The molecule has 1 spiro atoms. The molecule has 80 valence electrons. The van der Waals surface area contributed by atoms with Crippen molar-refractivity contribution in [3.8, 4) is 0 Å². The Morgan fingerprint density at radius 2 is 1.80 bits per heavy atom. The van der Waals surface area contributed by atoms with Gasteiger partial charge in [0.1, 0.15) is 0 Å². The van der Waals surface area contributed by atoms with Gasteiger partial charge in [-0.1, -0.05) is 37.5 Å². The van der Waals surface area contributed by atoms with E-state index in [-0.39, 0.29) is 0 Å². The van der Waals surface area contributed by atoms with Crippen molar-refractivity contribution in [3.05, 3.63) is 29.8 Å². The lowest BCUT2D eigenvalue weighted by Crippen LogP contribution is -2.37. The van der Waals surface area contributed by atoms with Gasteiger partial charge >= 0.3 is 0 Å². The number of rotatable bonds is 0. The van der Waals surface area contributed by atoms with Crippen LogP contribution in [0, 0.1) is 5.41 Å². The first-order chi connectivity index (χ1) is 7.38. The summed E-state index contributed by atoms with van der Waals surface area (Å²) in [5.41, 5.74) is 3.49. The van der Waals surface area contributed by atoms with Gasteiger partial charge in [0, 0.05) is 12.2 Å². The number of benzene rings is 1. The second kappa shape index (κ2) is 3.55. The Hall–Kier alpha value is -0.980. The van der Waals surface area contributed by atoms with Gasteiger partial charge in [-0.25, -0.2) is 0 Å². The van der Waals surface area contributed by atoms with Crippen LogP contribution in [0.3, 0.4) is 0 Å². The minimum atomic E-state index is 0.590. The SMILES string of the molecule is c1ccc2c(c1)CC1(CCCCC1)CN2. The van der Waals surface area contributed by atoms with Crippen LogP contribution < -0.4 is 5.32 Å². The summed E-state index contributed by atoms with van der Waals surface area (Å²) in [6, 6.07) is 8.80. The van der Waals surface area contributed by atoms with Crippen LogP contribution in [0.5, 0.6) is 0 Å². The molecule has 1 N–H and O–H groups in total. The summed E-state index contributed by atoms with van der Waals surface area (Å²) < 4.78 is 0. The zero-order valence-corrected chi connectivity index (χ0v) is 9.26. The van der Waals surface area contributed by atoms with Gasteiger partial charge in [0.05, 0.1) is 0 Å². The highest BCUT2D eigenvalue weighted by Crippen LogP contribution is 2.43. The van der Waals surface area contributed by atoms with Gasteiger partial charge in [0.25, 0.3) is 0 Å². The lowest BCUT2D eigenvalue weighted by atomic mass is 9.68. The molecule has 1 aromatic carbocycles. The number of para-hydroxylation sites is 1. The molecule has 15 heavy (non-hydrogen) atoms. The molecule has 0 amide bonds. The number of fused-ring (bicyclic) bond motifs is 1. The predicted octanol–water partition coefficient (Wildman–Crippen LogP) is 3.61. The zero-order chi connectivity index (χ0) is 10.1. The quantitative estimate of drug-likeness (QED) is 0.676. The Balaban J connectivity index is 1.87. The van der Waals surface area contributed by atoms with E-state index in [2.05, 4.69) is 29.6 Å². The number of nitrogens with one attached hydrogen (secondary N) is 1. The summed E-state index contributed by atoms with van der Waals surface area (Å²) in [6.45, 7) is 1.20. The Bertz CT molecular complexity index is 350. The van der Waals surface area contributed by atoms with Crippen molar-refractivity contribution >= 4 is 5.69 Å². The lowest BCUT2D eigenvalue weighted by Gasteiger charge is -2.41. The molecular weight excluding hydrogens is 182 g/mol. The molecule has 0 saturated heterocycles. The number of hydrogen-bond donors (Lipinski definition) is 1. The number of hydrogen-bond acceptors (Lipinski definition) is 1. The van der Waals surface area contributed by atoms with E-state index in [4.69, 9.17) is 0 Å². The molecule has 0 radical (unpaired) electrons. The lowest BCUT2D eigenvalue weighted by molar-refractivity contribution is 0.199. The van der Waals surface area contributed by atoms with Crippen molar-refractivity contribution in [1.82, 2.24) is 0 Å². The van der Waals surface area contributed by atoms with Crippen molar-refractivity contribution in [2.75, 3.05) is 11.9 Å². The number of anilines is 1. The van der Waals surface area contributed by atoms with E-state index in [1.165, 1.54) is 56.3 Å². The van der Waals surface area contributed by atoms with E-state index >= 15 is 0 Å². The third kappa shape index (κ3) is 1.64. The smallest absolute Gasteiger partial charge is 0.0373 e. The van der Waals surface area contributed by atoms with Crippen LogP contribution in [-0.4, -0.2) is 6.54 Å². The molecule has 2 aliphatic rings. The molecule has 1 heterocycles. The molecule has 1 fully saturated rings. The minimum absolute atomic E-state index is 0.590. The van der Waals surface area contributed by atoms with Crippen LogP contribution in [0.2, 0.25) is 0 Å². The van der Waals surface area contributed by atoms with E-state index < -0.39 is 0 Å². The summed E-state index contributed by atoms with van der Waals surface area (Å²) in [7, 11) is 0. The Morgan fingerprint density at radius 3 is 2.67 bits per heavy atom. The average molecular weight is 201 g/mol. The molecule has 1 aliphatic heterocycles. The molecule has 0 bridgehead atoms. The van der Waals surface area contributed by atoms with Crippen molar-refractivity contribution in [3.63, 3.8) is 0 Å². The third-order valence-electron chi connectivity index (χ3n) is 4.15. The monoisotopic (exact) mass is 201 g/mol. The molecule has 0 unspecified atom stereocenters. The fourth-order valence-electron chi connectivity index (χ4n) is 3.25. The van der Waals surface area contributed by atoms with Crippen LogP contribution in [0.1, 0.15) is 37.7 Å². The topological polar surface area (TPSA) is 12.0 Å². The van der Waals surface area contributed by atoms with Crippen LogP contribution in [0.15, 0.2) is 24.3 Å². The zero-order valence-electron chi connectivity index (χ0n) is 9.26. The van der Waals surface area contributed by atoms with E-state index in [9.17, 15) is 0 Å². The average Bonchev–Trinajstić information content (AvgIpc) is 2.30. The standard InChI is InChI=1S/C14H19N/c1-4-8-14(9-5-1)10-12-6-2-3-7-13(12)15-11-14/h2-3,6-7,15H,1,4-5,8-11H2. The molecule has 1 heteroatoms. The minimum Gasteiger partial charge on any atom is -0.384 e. The fraction of sp³-hybridized carbons (Fsp3) is 0.571. The molecule has 1 aromatic rings. The molecule has 0 aromatic heterocycles. The largest absolute Gasteiger partial charge is 0.384 e. The van der Waals surface area contributed by atoms with Crippen LogP contribution in [0.25, 0.3) is 0 Å². The van der Waals surface area contributed by atoms with Crippen molar-refractivity contribution < 1.29 is 0 Å². The van der Waals surface area contributed by atoms with Crippen molar-refractivity contribution in [1.29, 1.82) is 0 Å². The van der Waals surface area contributed by atoms with Gasteiger partial charge in [-0.3, -0.25) is 0 Å². The highest BCUT2D eigenvalue weighted by atomic mass is 14.9. The van der Waals surface area contributed by atoms with E-state index in [1.807, 2.05) is 0 Å². The van der Waals surface area contributed by atoms with Crippen molar-refractivity contribution in [2.24, 2.45) is 5.41 Å². The maximum atomic E-state index is 3.62. The molecular formula is C14H19N. The van der Waals surface area contributed by atoms with Crippen LogP contribution in [0.4, 0.5) is 5.69 Å². The van der Waals surface area contributed by atoms with Gasteiger partial charge in [-0.2, -0.15) is 0 Å². The van der Waals surface area contributed by atoms with Gasteiger partial charge in [0.2, 0.25) is 0 Å². The first-order valence-electron chi connectivity index (χ1n) is 6.20. The van der Waals surface area contributed by atoms with Gasteiger partial charge in [-0.05, 0) is 36.3 Å². The Labute approximate surface area is 91.9 Å². The predicted molar refractivity (Wildman–Crippen MR) is 64.2 cm³/mol. The highest BCUT2D eigenvalue weighted by Gasteiger charge is 2.35. The summed E-state index contributed by atoms with van der Waals surface area (Å²) >= 11 is 0. The summed E-state index contributed by atoms with van der Waals surface area (Å²) in [6.07, 6.45) is 8.47.